The van der Waals surface area contributed by atoms with Crippen LogP contribution in [0.5, 0.6) is 0 Å². The Labute approximate surface area is 261 Å². The molecule has 1 unspecified atom stereocenters. The molecule has 228 valence electrons. The maximum Gasteiger partial charge on any atom is 0.247 e. The van der Waals surface area contributed by atoms with Crippen molar-refractivity contribution in [3.05, 3.63) is 120 Å². The Balaban J connectivity index is 1.62. The predicted molar refractivity (Wildman–Crippen MR) is 177 cm³/mol. The number of halogens is 1. The maximum atomic E-state index is 14.5. The Morgan fingerprint density at radius 1 is 0.889 bits per heavy atom. The molecule has 0 saturated heterocycles. The van der Waals surface area contributed by atoms with Gasteiger partial charge in [0, 0.05) is 40.7 Å². The van der Waals surface area contributed by atoms with E-state index in [1.54, 1.807) is 53.4 Å². The van der Waals surface area contributed by atoms with Crippen LogP contribution in [-0.4, -0.2) is 41.8 Å². The average Bonchev–Trinajstić information content (AvgIpc) is 3.10. The number of nitrogens with zero attached hydrogens (tertiary/aromatic N) is 3. The number of carbonyl (C=O) groups is 2. The molecule has 5 rings (SSSR count). The van der Waals surface area contributed by atoms with Gasteiger partial charge >= 0.3 is 0 Å². The lowest BCUT2D eigenvalue weighted by molar-refractivity contribution is -0.123. The van der Waals surface area contributed by atoms with Crippen molar-refractivity contribution in [2.24, 2.45) is 5.92 Å². The van der Waals surface area contributed by atoms with E-state index in [9.17, 15) is 19.4 Å². The lowest BCUT2D eigenvalue weighted by atomic mass is 9.93. The molecule has 9 nitrogen and oxygen atoms in total. The summed E-state index contributed by atoms with van der Waals surface area (Å²) in [4.78, 5) is 32.8. The van der Waals surface area contributed by atoms with Crippen LogP contribution in [0.15, 0.2) is 103 Å². The Morgan fingerprint density at radius 3 is 2.13 bits per heavy atom. The summed E-state index contributed by atoms with van der Waals surface area (Å²) in [5, 5.41) is 27.3. The lowest BCUT2D eigenvalue weighted by Crippen LogP contribution is -2.49. The van der Waals surface area contributed by atoms with Crippen molar-refractivity contribution in [2.45, 2.75) is 26.3 Å². The molecule has 4 aromatic carbocycles. The first-order chi connectivity index (χ1) is 21.6. The molecule has 0 aromatic heterocycles. The molecule has 4 aromatic rings. The second-order valence-electron chi connectivity index (χ2n) is 11.0. The fourth-order valence-corrected chi connectivity index (χ4v) is 5.53. The van der Waals surface area contributed by atoms with Gasteiger partial charge in [0.2, 0.25) is 11.8 Å². The Kier molecular flexibility index (Phi) is 8.85. The minimum atomic E-state index is -1.25. The summed E-state index contributed by atoms with van der Waals surface area (Å²) in [6, 6.07) is 27.9. The van der Waals surface area contributed by atoms with Crippen LogP contribution in [0, 0.1) is 28.0 Å². The summed E-state index contributed by atoms with van der Waals surface area (Å²) in [5.41, 5.74) is 8.65. The number of amides is 2. The van der Waals surface area contributed by atoms with Crippen LogP contribution >= 0.6 is 0 Å². The van der Waals surface area contributed by atoms with Crippen molar-refractivity contribution in [3.8, 4) is 0 Å². The number of fused-ring (bicyclic) bond motifs is 1. The van der Waals surface area contributed by atoms with Gasteiger partial charge in [0.25, 0.3) is 0 Å². The van der Waals surface area contributed by atoms with Crippen molar-refractivity contribution < 1.29 is 14.0 Å². The highest BCUT2D eigenvalue weighted by Crippen LogP contribution is 2.37. The molecular formula is C35H34FN7O2. The van der Waals surface area contributed by atoms with Crippen LogP contribution in [0.25, 0.3) is 0 Å². The van der Waals surface area contributed by atoms with E-state index >= 15 is 0 Å². The highest BCUT2D eigenvalue weighted by molar-refractivity contribution is 6.32. The summed E-state index contributed by atoms with van der Waals surface area (Å²) >= 11 is 0. The normalized spacial score (nSPS) is 14.6. The number of hydrogen-bond acceptors (Lipinski definition) is 6. The molecule has 10 heteroatoms. The standard InChI is InChI=1S/C35H34FN7O2/c1-22(2)42(25-10-4-3-5-11-25)32(44)21-41-30-14-8-9-15-31(30)43(33(39)23-16-18-24(36)19-17-23)34(40)27(35(41)45)20-29(38)26-12-6-7-13-28(26)37/h3-19,22,27,38-40H,20-21,37H2,1-2H3. The number of carbonyl (C=O) groups excluding carboxylic acids is 2. The first-order valence-corrected chi connectivity index (χ1v) is 14.5. The molecule has 0 fully saturated rings. The van der Waals surface area contributed by atoms with Gasteiger partial charge < -0.3 is 20.9 Å². The highest BCUT2D eigenvalue weighted by atomic mass is 19.1. The van der Waals surface area contributed by atoms with Crippen LogP contribution in [0.4, 0.5) is 27.1 Å². The van der Waals surface area contributed by atoms with Crippen molar-refractivity contribution in [1.82, 2.24) is 0 Å². The van der Waals surface area contributed by atoms with Crippen molar-refractivity contribution >= 4 is 51.9 Å². The van der Waals surface area contributed by atoms with Crippen LogP contribution in [-0.2, 0) is 9.59 Å². The van der Waals surface area contributed by atoms with Gasteiger partial charge in [-0.15, -0.1) is 0 Å². The number of nitrogen functional groups attached to an aromatic ring is 1. The molecule has 0 bridgehead atoms. The van der Waals surface area contributed by atoms with Gasteiger partial charge in [0.05, 0.1) is 11.4 Å². The molecule has 0 radical (unpaired) electrons. The van der Waals surface area contributed by atoms with E-state index in [1.807, 2.05) is 44.2 Å². The highest BCUT2D eigenvalue weighted by Gasteiger charge is 2.41. The molecule has 0 spiro atoms. The van der Waals surface area contributed by atoms with Gasteiger partial charge in [0.1, 0.15) is 30.0 Å². The molecule has 1 atom stereocenters. The van der Waals surface area contributed by atoms with E-state index in [2.05, 4.69) is 0 Å². The Hall–Kier alpha value is -5.64. The van der Waals surface area contributed by atoms with Gasteiger partial charge in [-0.05, 0) is 68.4 Å². The summed E-state index contributed by atoms with van der Waals surface area (Å²) in [7, 11) is 0. The van der Waals surface area contributed by atoms with Crippen LogP contribution < -0.4 is 20.4 Å². The van der Waals surface area contributed by atoms with Gasteiger partial charge in [0.15, 0.2) is 0 Å². The van der Waals surface area contributed by atoms with E-state index in [-0.39, 0.29) is 42.3 Å². The van der Waals surface area contributed by atoms with E-state index in [4.69, 9.17) is 16.6 Å². The molecule has 0 aliphatic carbocycles. The number of hydrogen-bond donors (Lipinski definition) is 4. The molecule has 1 aliphatic rings. The minimum Gasteiger partial charge on any atom is -0.398 e. The number of amidine groups is 2. The number of nitrogens with one attached hydrogen (secondary N) is 3. The summed E-state index contributed by atoms with van der Waals surface area (Å²) < 4.78 is 13.8. The smallest absolute Gasteiger partial charge is 0.247 e. The van der Waals surface area contributed by atoms with E-state index in [0.717, 1.165) is 0 Å². The fourth-order valence-electron chi connectivity index (χ4n) is 5.53. The quantitative estimate of drug-likeness (QED) is 0.110. The molecular weight excluding hydrogens is 569 g/mol. The molecule has 5 N–H and O–H groups in total. The largest absolute Gasteiger partial charge is 0.398 e. The maximum absolute atomic E-state index is 14.5. The number of benzene rings is 4. The third kappa shape index (κ3) is 6.21. The van der Waals surface area contributed by atoms with Gasteiger partial charge in [-0.25, -0.2) is 4.39 Å². The molecule has 0 saturated carbocycles. The first-order valence-electron chi connectivity index (χ1n) is 14.5. The van der Waals surface area contributed by atoms with Crippen LogP contribution in [0.2, 0.25) is 0 Å². The zero-order chi connectivity index (χ0) is 32.2. The first kappa shape index (κ1) is 30.8. The zero-order valence-corrected chi connectivity index (χ0v) is 25.0. The lowest BCUT2D eigenvalue weighted by Gasteiger charge is -2.31. The van der Waals surface area contributed by atoms with Gasteiger partial charge in [-0.3, -0.25) is 25.3 Å². The summed E-state index contributed by atoms with van der Waals surface area (Å²) in [5.74, 6) is -3.03. The number of rotatable bonds is 8. The molecule has 1 heterocycles. The third-order valence-electron chi connectivity index (χ3n) is 7.70. The Morgan fingerprint density at radius 2 is 1.49 bits per heavy atom. The fraction of sp³-hybridized carbons (Fsp3) is 0.171. The average molecular weight is 604 g/mol. The van der Waals surface area contributed by atoms with Gasteiger partial charge in [-0.2, -0.15) is 0 Å². The second kappa shape index (κ2) is 12.9. The molecule has 2 amide bonds. The summed E-state index contributed by atoms with van der Waals surface area (Å²) in [6.45, 7) is 3.43. The van der Waals surface area contributed by atoms with Crippen molar-refractivity contribution in [3.63, 3.8) is 0 Å². The SMILES string of the molecule is CC(C)N(C(=O)CN1C(=O)C(CC(=N)c2ccccc2N)C(=N)N(C(=N)c2ccc(F)cc2)c2ccccc21)c1ccccc1. The minimum absolute atomic E-state index is 0.0368. The molecule has 1 aliphatic heterocycles. The van der Waals surface area contributed by atoms with E-state index < -0.39 is 17.6 Å². The number of anilines is 4. The zero-order valence-electron chi connectivity index (χ0n) is 25.0. The predicted octanol–water partition coefficient (Wildman–Crippen LogP) is 6.08. The van der Waals surface area contributed by atoms with Crippen LogP contribution in [0.1, 0.15) is 31.4 Å². The topological polar surface area (TPSA) is 141 Å². The van der Waals surface area contributed by atoms with Crippen molar-refractivity contribution in [1.29, 1.82) is 16.2 Å². The monoisotopic (exact) mass is 603 g/mol. The molecule has 45 heavy (non-hydrogen) atoms. The third-order valence-corrected chi connectivity index (χ3v) is 7.70. The Bertz CT molecular complexity index is 1770. The van der Waals surface area contributed by atoms with Crippen LogP contribution in [0.3, 0.4) is 0 Å². The number of nitrogens with two attached hydrogens (primary N) is 1. The van der Waals surface area contributed by atoms with E-state index in [0.29, 0.717) is 33.9 Å². The van der Waals surface area contributed by atoms with Crippen molar-refractivity contribution in [2.75, 3.05) is 27.0 Å². The summed E-state index contributed by atoms with van der Waals surface area (Å²) in [6.07, 6.45) is -0.204. The van der Waals surface area contributed by atoms with E-state index in [1.165, 1.54) is 34.1 Å². The second-order valence-corrected chi connectivity index (χ2v) is 11.0. The van der Waals surface area contributed by atoms with Gasteiger partial charge in [-0.1, -0.05) is 48.5 Å². The number of para-hydroxylation sites is 4.